The third-order valence-corrected chi connectivity index (χ3v) is 6.35. The minimum Gasteiger partial charge on any atom is -0.304 e. The van der Waals surface area contributed by atoms with E-state index in [9.17, 15) is 8.42 Å². The lowest BCUT2D eigenvalue weighted by Gasteiger charge is -2.32. The Morgan fingerprint density at radius 1 is 1.14 bits per heavy atom. The average Bonchev–Trinajstić information content (AvgIpc) is 2.47. The molecule has 0 radical (unpaired) electrons. The van der Waals surface area contributed by atoms with Gasteiger partial charge in [-0.25, -0.2) is 8.42 Å². The molecule has 1 aliphatic heterocycles. The molecular weight excluding hydrogens is 296 g/mol. The summed E-state index contributed by atoms with van der Waals surface area (Å²) in [5, 5.41) is 0. The quantitative estimate of drug-likeness (QED) is 0.836. The van der Waals surface area contributed by atoms with E-state index in [4.69, 9.17) is 0 Å². The largest absolute Gasteiger partial charge is 0.304 e. The highest BCUT2D eigenvalue weighted by Gasteiger charge is 2.29. The van der Waals surface area contributed by atoms with E-state index < -0.39 is 10.0 Å². The summed E-state index contributed by atoms with van der Waals surface area (Å²) in [6, 6.07) is 5.86. The van der Waals surface area contributed by atoms with Crippen LogP contribution in [0.15, 0.2) is 23.1 Å². The highest BCUT2D eigenvalue weighted by atomic mass is 32.2. The molecule has 0 unspecified atom stereocenters. The molecule has 0 aromatic heterocycles. The highest BCUT2D eigenvalue weighted by Crippen LogP contribution is 2.26. The summed E-state index contributed by atoms with van der Waals surface area (Å²) in [5.74, 6) is 0.413. The molecule has 0 N–H and O–H groups in total. The van der Waals surface area contributed by atoms with Crippen molar-refractivity contribution in [3.63, 3.8) is 0 Å². The molecule has 124 valence electrons. The average molecular weight is 324 g/mol. The van der Waals surface area contributed by atoms with Crippen molar-refractivity contribution in [3.8, 4) is 0 Å². The van der Waals surface area contributed by atoms with Crippen molar-refractivity contribution in [2.45, 2.75) is 44.4 Å². The second-order valence-electron chi connectivity index (χ2n) is 6.48. The third-order valence-electron chi connectivity index (χ3n) is 4.35. The second-order valence-corrected chi connectivity index (χ2v) is 8.39. The Morgan fingerprint density at radius 2 is 1.77 bits per heavy atom. The topological polar surface area (TPSA) is 40.6 Å². The first kappa shape index (κ1) is 17.4. The van der Waals surface area contributed by atoms with Gasteiger partial charge in [0.1, 0.15) is 0 Å². The fourth-order valence-electron chi connectivity index (χ4n) is 2.84. The molecule has 5 heteroatoms. The molecule has 0 saturated carbocycles. The number of piperazine rings is 1. The Labute approximate surface area is 135 Å². The van der Waals surface area contributed by atoms with E-state index in [1.54, 1.807) is 4.31 Å². The first-order chi connectivity index (χ1) is 10.4. The molecule has 1 heterocycles. The van der Waals surface area contributed by atoms with Gasteiger partial charge in [0.15, 0.2) is 0 Å². The van der Waals surface area contributed by atoms with Crippen LogP contribution in [0.4, 0.5) is 0 Å². The van der Waals surface area contributed by atoms with Crippen molar-refractivity contribution in [1.29, 1.82) is 0 Å². The van der Waals surface area contributed by atoms with E-state index >= 15 is 0 Å². The fraction of sp³-hybridized carbons (Fsp3) is 0.647. The molecule has 1 fully saturated rings. The molecule has 1 aromatic carbocycles. The van der Waals surface area contributed by atoms with Crippen LogP contribution in [0.1, 0.15) is 44.2 Å². The second kappa shape index (κ2) is 7.11. The molecule has 0 spiro atoms. The van der Waals surface area contributed by atoms with E-state index in [1.165, 1.54) is 5.56 Å². The summed E-state index contributed by atoms with van der Waals surface area (Å²) in [4.78, 5) is 2.67. The molecule has 22 heavy (non-hydrogen) atoms. The normalized spacial score (nSPS) is 18.0. The summed E-state index contributed by atoms with van der Waals surface area (Å²) in [6.07, 6.45) is 1.76. The minimum atomic E-state index is -3.37. The standard InChI is InChI=1S/C17H28N2O2S/c1-5-6-16-13-15(14(2)3)7-8-17(16)22(20,21)19-11-9-18(4)10-12-19/h7-8,13-14H,5-6,9-12H2,1-4H3. The van der Waals surface area contributed by atoms with Crippen molar-refractivity contribution < 1.29 is 8.42 Å². The van der Waals surface area contributed by atoms with Crippen LogP contribution in [0.2, 0.25) is 0 Å². The number of likely N-dealkylation sites (N-methyl/N-ethyl adjacent to an activating group) is 1. The predicted molar refractivity (Wildman–Crippen MR) is 90.8 cm³/mol. The summed E-state index contributed by atoms with van der Waals surface area (Å²) < 4.78 is 27.6. The van der Waals surface area contributed by atoms with Gasteiger partial charge in [-0.1, -0.05) is 39.3 Å². The van der Waals surface area contributed by atoms with Crippen LogP contribution in [0.5, 0.6) is 0 Å². The number of aryl methyl sites for hydroxylation is 1. The molecule has 4 nitrogen and oxygen atoms in total. The number of benzene rings is 1. The summed E-state index contributed by atoms with van der Waals surface area (Å²) in [5.41, 5.74) is 2.17. The Morgan fingerprint density at radius 3 is 2.32 bits per heavy atom. The van der Waals surface area contributed by atoms with Crippen LogP contribution in [0.25, 0.3) is 0 Å². The van der Waals surface area contributed by atoms with Gasteiger partial charge in [0, 0.05) is 26.2 Å². The van der Waals surface area contributed by atoms with Gasteiger partial charge in [-0.05, 0) is 36.6 Å². The first-order valence-electron chi connectivity index (χ1n) is 8.17. The van der Waals surface area contributed by atoms with Crippen molar-refractivity contribution >= 4 is 10.0 Å². The van der Waals surface area contributed by atoms with E-state index in [1.807, 2.05) is 19.2 Å². The minimum absolute atomic E-state index is 0.413. The molecule has 1 saturated heterocycles. The van der Waals surface area contributed by atoms with Gasteiger partial charge in [-0.2, -0.15) is 4.31 Å². The summed E-state index contributed by atoms with van der Waals surface area (Å²) >= 11 is 0. The van der Waals surface area contributed by atoms with E-state index in [0.29, 0.717) is 23.9 Å². The van der Waals surface area contributed by atoms with E-state index in [2.05, 4.69) is 31.7 Å². The van der Waals surface area contributed by atoms with Crippen LogP contribution < -0.4 is 0 Å². The lowest BCUT2D eigenvalue weighted by Crippen LogP contribution is -2.47. The first-order valence-corrected chi connectivity index (χ1v) is 9.61. The van der Waals surface area contributed by atoms with E-state index in [-0.39, 0.29) is 0 Å². The number of hydrogen-bond donors (Lipinski definition) is 0. The molecule has 0 bridgehead atoms. The molecule has 0 amide bonds. The summed E-state index contributed by atoms with van der Waals surface area (Å²) in [7, 11) is -1.34. The Bertz CT molecular complexity index is 603. The molecular formula is C17H28N2O2S. The maximum Gasteiger partial charge on any atom is 0.243 e. The maximum absolute atomic E-state index is 13.0. The third kappa shape index (κ3) is 3.70. The number of hydrogen-bond acceptors (Lipinski definition) is 3. The highest BCUT2D eigenvalue weighted by molar-refractivity contribution is 7.89. The van der Waals surface area contributed by atoms with Gasteiger partial charge in [0.2, 0.25) is 10.0 Å². The van der Waals surface area contributed by atoms with Gasteiger partial charge in [0.05, 0.1) is 4.90 Å². The van der Waals surface area contributed by atoms with Gasteiger partial charge < -0.3 is 4.90 Å². The number of sulfonamides is 1. The van der Waals surface area contributed by atoms with Crippen molar-refractivity contribution in [2.24, 2.45) is 0 Å². The zero-order valence-electron chi connectivity index (χ0n) is 14.2. The fourth-order valence-corrected chi connectivity index (χ4v) is 4.50. The Hall–Kier alpha value is -0.910. The Kier molecular flexibility index (Phi) is 5.64. The smallest absolute Gasteiger partial charge is 0.243 e. The summed E-state index contributed by atoms with van der Waals surface area (Å²) in [6.45, 7) is 9.12. The van der Waals surface area contributed by atoms with Crippen molar-refractivity contribution in [3.05, 3.63) is 29.3 Å². The van der Waals surface area contributed by atoms with Gasteiger partial charge in [0.25, 0.3) is 0 Å². The van der Waals surface area contributed by atoms with Gasteiger partial charge >= 0.3 is 0 Å². The zero-order chi connectivity index (χ0) is 16.3. The monoisotopic (exact) mass is 324 g/mol. The van der Waals surface area contributed by atoms with Crippen molar-refractivity contribution in [2.75, 3.05) is 33.2 Å². The SMILES string of the molecule is CCCc1cc(C(C)C)ccc1S(=O)(=O)N1CCN(C)CC1. The van der Waals surface area contributed by atoms with Crippen LogP contribution >= 0.6 is 0 Å². The van der Waals surface area contributed by atoms with Crippen LogP contribution in [-0.2, 0) is 16.4 Å². The molecule has 1 aromatic rings. The van der Waals surface area contributed by atoms with Crippen LogP contribution in [0.3, 0.4) is 0 Å². The molecule has 2 rings (SSSR count). The van der Waals surface area contributed by atoms with Crippen LogP contribution in [0, 0.1) is 0 Å². The van der Waals surface area contributed by atoms with Crippen LogP contribution in [-0.4, -0.2) is 50.8 Å². The van der Waals surface area contributed by atoms with E-state index in [0.717, 1.165) is 31.5 Å². The zero-order valence-corrected chi connectivity index (χ0v) is 15.0. The van der Waals surface area contributed by atoms with Gasteiger partial charge in [-0.15, -0.1) is 0 Å². The lowest BCUT2D eigenvalue weighted by molar-refractivity contribution is 0.222. The maximum atomic E-state index is 13.0. The molecule has 0 aliphatic carbocycles. The Balaban J connectivity index is 2.37. The van der Waals surface area contributed by atoms with Crippen molar-refractivity contribution in [1.82, 2.24) is 9.21 Å². The molecule has 1 aliphatic rings. The molecule has 0 atom stereocenters. The van der Waals surface area contributed by atoms with Gasteiger partial charge in [-0.3, -0.25) is 0 Å². The number of nitrogens with zero attached hydrogens (tertiary/aromatic N) is 2. The number of rotatable bonds is 5. The lowest BCUT2D eigenvalue weighted by atomic mass is 9.99. The predicted octanol–water partition coefficient (Wildman–Crippen LogP) is 2.70.